The quantitative estimate of drug-likeness (QED) is 0.562. The summed E-state index contributed by atoms with van der Waals surface area (Å²) in [6.45, 7) is 5.20. The molecule has 0 bridgehead atoms. The Morgan fingerprint density at radius 1 is 1.22 bits per heavy atom. The molecule has 1 aromatic carbocycles. The molecule has 4 rings (SSSR count). The van der Waals surface area contributed by atoms with Gasteiger partial charge in [0, 0.05) is 42.2 Å². The average molecular weight is 448 g/mol. The molecule has 0 spiro atoms. The van der Waals surface area contributed by atoms with Gasteiger partial charge in [-0.05, 0) is 38.9 Å². The Hall–Kier alpha value is -3.01. The molecule has 10 heteroatoms. The van der Waals surface area contributed by atoms with Crippen LogP contribution in [0.4, 0.5) is 29.2 Å². The molecule has 0 saturated carbocycles. The molecule has 0 unspecified atom stereocenters. The summed E-state index contributed by atoms with van der Waals surface area (Å²) < 4.78 is 54.0. The van der Waals surface area contributed by atoms with Crippen molar-refractivity contribution in [2.45, 2.75) is 38.5 Å². The van der Waals surface area contributed by atoms with Crippen LogP contribution in [0.2, 0.25) is 0 Å². The standard InChI is InChI=1S/C22H24F4N6/c1-12(15-5-4-6-18(20(15)23)22(24,25)26)29-21-16-9-19(32(3)14-7-8-27-10-14)28-11-17(16)13(2)30-31-21/h4-6,9,11-12,14,27H,7-8,10H2,1-3H3,(H,29,31)/t12-,14+/m1/s1. The van der Waals surface area contributed by atoms with Gasteiger partial charge < -0.3 is 15.5 Å². The fourth-order valence-corrected chi connectivity index (χ4v) is 4.00. The van der Waals surface area contributed by atoms with E-state index in [1.165, 1.54) is 12.1 Å². The fraction of sp³-hybridized carbons (Fsp3) is 0.409. The summed E-state index contributed by atoms with van der Waals surface area (Å²) in [7, 11) is 1.97. The first-order valence-electron chi connectivity index (χ1n) is 10.4. The van der Waals surface area contributed by atoms with Crippen molar-refractivity contribution in [2.75, 3.05) is 30.4 Å². The van der Waals surface area contributed by atoms with Crippen molar-refractivity contribution >= 4 is 22.4 Å². The Morgan fingerprint density at radius 3 is 2.69 bits per heavy atom. The van der Waals surface area contributed by atoms with Gasteiger partial charge in [0.25, 0.3) is 0 Å². The Labute approximate surface area is 183 Å². The third-order valence-corrected chi connectivity index (χ3v) is 5.93. The van der Waals surface area contributed by atoms with Crippen LogP contribution in [0.25, 0.3) is 10.8 Å². The number of anilines is 2. The van der Waals surface area contributed by atoms with Crippen molar-refractivity contribution in [3.8, 4) is 0 Å². The number of hydrogen-bond acceptors (Lipinski definition) is 6. The molecule has 2 atom stereocenters. The molecule has 1 aliphatic rings. The number of benzene rings is 1. The van der Waals surface area contributed by atoms with E-state index >= 15 is 0 Å². The molecule has 1 aliphatic heterocycles. The molecule has 3 heterocycles. The van der Waals surface area contributed by atoms with Gasteiger partial charge in [-0.1, -0.05) is 12.1 Å². The number of pyridine rings is 1. The van der Waals surface area contributed by atoms with Crippen LogP contribution < -0.4 is 15.5 Å². The van der Waals surface area contributed by atoms with Crippen LogP contribution in [-0.4, -0.2) is 41.4 Å². The van der Waals surface area contributed by atoms with Gasteiger partial charge in [0.15, 0.2) is 5.82 Å². The number of fused-ring (bicyclic) bond motifs is 1. The number of rotatable bonds is 5. The molecule has 0 radical (unpaired) electrons. The number of aryl methyl sites for hydroxylation is 1. The minimum Gasteiger partial charge on any atom is -0.361 e. The summed E-state index contributed by atoms with van der Waals surface area (Å²) in [6, 6.07) is 4.69. The maximum Gasteiger partial charge on any atom is 0.419 e. The van der Waals surface area contributed by atoms with E-state index in [-0.39, 0.29) is 5.56 Å². The Bertz CT molecular complexity index is 1130. The van der Waals surface area contributed by atoms with Crippen LogP contribution >= 0.6 is 0 Å². The maximum absolute atomic E-state index is 14.6. The van der Waals surface area contributed by atoms with E-state index in [9.17, 15) is 17.6 Å². The summed E-state index contributed by atoms with van der Waals surface area (Å²) in [6.07, 6.45) is -2.05. The van der Waals surface area contributed by atoms with E-state index in [0.29, 0.717) is 17.6 Å². The van der Waals surface area contributed by atoms with E-state index in [4.69, 9.17) is 0 Å². The highest BCUT2D eigenvalue weighted by Crippen LogP contribution is 2.35. The zero-order chi connectivity index (χ0) is 23.0. The van der Waals surface area contributed by atoms with Gasteiger partial charge in [-0.15, -0.1) is 5.10 Å². The predicted octanol–water partition coefficient (Wildman–Crippen LogP) is 4.46. The molecule has 0 aliphatic carbocycles. The molecule has 2 aromatic heterocycles. The number of halogens is 4. The first kappa shape index (κ1) is 22.2. The van der Waals surface area contributed by atoms with Gasteiger partial charge in [0.2, 0.25) is 0 Å². The molecule has 1 saturated heterocycles. The lowest BCUT2D eigenvalue weighted by Gasteiger charge is -2.25. The minimum atomic E-state index is -4.77. The first-order chi connectivity index (χ1) is 15.2. The predicted molar refractivity (Wildman–Crippen MR) is 115 cm³/mol. The molecule has 2 N–H and O–H groups in total. The molecule has 0 amide bonds. The highest BCUT2D eigenvalue weighted by atomic mass is 19.4. The van der Waals surface area contributed by atoms with E-state index in [1.54, 1.807) is 20.0 Å². The Kier molecular flexibility index (Phi) is 5.89. The zero-order valence-electron chi connectivity index (χ0n) is 18.0. The Morgan fingerprint density at radius 2 is 2.00 bits per heavy atom. The van der Waals surface area contributed by atoms with Gasteiger partial charge in [0.05, 0.1) is 17.3 Å². The van der Waals surface area contributed by atoms with E-state index in [1.807, 2.05) is 13.1 Å². The number of nitrogens with zero attached hydrogens (tertiary/aromatic N) is 4. The summed E-state index contributed by atoms with van der Waals surface area (Å²) in [4.78, 5) is 6.65. The van der Waals surface area contributed by atoms with E-state index in [0.717, 1.165) is 42.2 Å². The second kappa shape index (κ2) is 8.50. The van der Waals surface area contributed by atoms with Crippen LogP contribution in [-0.2, 0) is 6.18 Å². The smallest absolute Gasteiger partial charge is 0.361 e. The molecule has 32 heavy (non-hydrogen) atoms. The van der Waals surface area contributed by atoms with Gasteiger partial charge in [0.1, 0.15) is 11.6 Å². The fourth-order valence-electron chi connectivity index (χ4n) is 4.00. The van der Waals surface area contributed by atoms with Crippen LogP contribution in [0.3, 0.4) is 0 Å². The number of likely N-dealkylation sites (N-methyl/N-ethyl adjacent to an activating group) is 1. The lowest BCUT2D eigenvalue weighted by Crippen LogP contribution is -2.33. The second-order valence-corrected chi connectivity index (χ2v) is 8.05. The van der Waals surface area contributed by atoms with Crippen molar-refractivity contribution in [1.29, 1.82) is 0 Å². The number of nitrogens with one attached hydrogen (secondary N) is 2. The van der Waals surface area contributed by atoms with Crippen LogP contribution in [0.1, 0.15) is 36.2 Å². The van der Waals surface area contributed by atoms with Crippen LogP contribution in [0.5, 0.6) is 0 Å². The SMILES string of the molecule is Cc1nnc(N[C@H](C)c2cccc(C(F)(F)F)c2F)c2cc(N(C)[C@H]3CCNC3)ncc12. The van der Waals surface area contributed by atoms with Crippen molar-refractivity contribution in [3.63, 3.8) is 0 Å². The highest BCUT2D eigenvalue weighted by Gasteiger charge is 2.35. The third kappa shape index (κ3) is 4.19. The number of aromatic nitrogens is 3. The molecule has 170 valence electrons. The lowest BCUT2D eigenvalue weighted by molar-refractivity contribution is -0.140. The second-order valence-electron chi connectivity index (χ2n) is 8.05. The van der Waals surface area contributed by atoms with Gasteiger partial charge in [-0.2, -0.15) is 18.3 Å². The summed E-state index contributed by atoms with van der Waals surface area (Å²) in [5, 5.41) is 16.2. The summed E-state index contributed by atoms with van der Waals surface area (Å²) in [5.74, 6) is -0.184. The maximum atomic E-state index is 14.6. The normalized spacial score (nSPS) is 17.5. The van der Waals surface area contributed by atoms with Crippen molar-refractivity contribution in [2.24, 2.45) is 0 Å². The molecule has 6 nitrogen and oxygen atoms in total. The summed E-state index contributed by atoms with van der Waals surface area (Å²) in [5.41, 5.74) is -0.715. The first-order valence-corrected chi connectivity index (χ1v) is 10.4. The number of hydrogen-bond donors (Lipinski definition) is 2. The van der Waals surface area contributed by atoms with Crippen molar-refractivity contribution in [1.82, 2.24) is 20.5 Å². The van der Waals surface area contributed by atoms with Crippen molar-refractivity contribution < 1.29 is 17.6 Å². The number of alkyl halides is 3. The highest BCUT2D eigenvalue weighted by molar-refractivity contribution is 5.94. The molecular weight excluding hydrogens is 424 g/mol. The molecular formula is C22H24F4N6. The minimum absolute atomic E-state index is 0.0984. The van der Waals surface area contributed by atoms with Gasteiger partial charge in [-0.25, -0.2) is 9.37 Å². The monoisotopic (exact) mass is 448 g/mol. The van der Waals surface area contributed by atoms with E-state index < -0.39 is 23.6 Å². The molecule has 3 aromatic rings. The van der Waals surface area contributed by atoms with E-state index in [2.05, 4.69) is 30.7 Å². The van der Waals surface area contributed by atoms with Gasteiger partial charge in [-0.3, -0.25) is 0 Å². The topological polar surface area (TPSA) is 66.0 Å². The average Bonchev–Trinajstić information content (AvgIpc) is 3.29. The third-order valence-electron chi connectivity index (χ3n) is 5.93. The largest absolute Gasteiger partial charge is 0.419 e. The van der Waals surface area contributed by atoms with Gasteiger partial charge >= 0.3 is 6.18 Å². The molecule has 1 fully saturated rings. The van der Waals surface area contributed by atoms with Crippen LogP contribution in [0, 0.1) is 12.7 Å². The van der Waals surface area contributed by atoms with Crippen LogP contribution in [0.15, 0.2) is 30.5 Å². The lowest BCUT2D eigenvalue weighted by atomic mass is 10.0. The summed E-state index contributed by atoms with van der Waals surface area (Å²) >= 11 is 0. The van der Waals surface area contributed by atoms with Crippen molar-refractivity contribution in [3.05, 3.63) is 53.1 Å². The Balaban J connectivity index is 1.70. The zero-order valence-corrected chi connectivity index (χ0v) is 18.0.